The molecule has 1 amide bonds. The third kappa shape index (κ3) is 7.94. The maximum Gasteiger partial charge on any atom is 0.220 e. The second-order valence-corrected chi connectivity index (χ2v) is 14.2. The van der Waals surface area contributed by atoms with Crippen LogP contribution in [-0.2, 0) is 16.0 Å². The van der Waals surface area contributed by atoms with Crippen molar-refractivity contribution in [2.24, 2.45) is 11.7 Å². The van der Waals surface area contributed by atoms with Crippen molar-refractivity contribution >= 4 is 39.5 Å². The quantitative estimate of drug-likeness (QED) is 0.155. The number of nitriles is 1. The third-order valence-corrected chi connectivity index (χ3v) is 10.7. The summed E-state index contributed by atoms with van der Waals surface area (Å²) in [5, 5.41) is 13.5. The Morgan fingerprint density at radius 2 is 2.04 bits per heavy atom. The van der Waals surface area contributed by atoms with Crippen LogP contribution < -0.4 is 26.4 Å². The molecule has 11 nitrogen and oxygen atoms in total. The van der Waals surface area contributed by atoms with Gasteiger partial charge in [-0.05, 0) is 76.4 Å². The van der Waals surface area contributed by atoms with E-state index in [0.717, 1.165) is 55.5 Å². The number of nitrogens with one attached hydrogen (secondary N) is 1. The molecular weight excluding hydrogens is 625 g/mol. The van der Waals surface area contributed by atoms with Gasteiger partial charge in [-0.1, -0.05) is 20.3 Å². The summed E-state index contributed by atoms with van der Waals surface area (Å²) < 4.78 is 6.27. The number of aryl methyl sites for hydroxylation is 1. The maximum atomic E-state index is 14.3. The number of nitrogens with two attached hydrogens (primary N) is 2. The summed E-state index contributed by atoms with van der Waals surface area (Å²) in [5.41, 5.74) is 14.8. The number of carbonyl (C=O) groups excluding carboxylic acids is 2. The molecule has 5 N–H and O–H groups in total. The van der Waals surface area contributed by atoms with E-state index in [4.69, 9.17) is 26.2 Å². The Balaban J connectivity index is 0.00000255. The van der Waals surface area contributed by atoms with Crippen molar-refractivity contribution in [1.82, 2.24) is 20.2 Å². The summed E-state index contributed by atoms with van der Waals surface area (Å²) in [6.45, 7) is 9.18. The highest BCUT2D eigenvalue weighted by atomic mass is 32.1. The van der Waals surface area contributed by atoms with Gasteiger partial charge in [-0.2, -0.15) is 10.2 Å². The monoisotopic (exact) mass is 674 g/mol. The van der Waals surface area contributed by atoms with Crippen LogP contribution in [0.25, 0.3) is 5.70 Å². The van der Waals surface area contributed by atoms with Crippen LogP contribution in [0.15, 0.2) is 11.6 Å². The molecule has 0 aromatic carbocycles. The molecule has 0 bridgehead atoms. The van der Waals surface area contributed by atoms with E-state index in [1.807, 2.05) is 24.9 Å². The highest BCUT2D eigenvalue weighted by Gasteiger charge is 2.52. The highest BCUT2D eigenvalue weighted by molar-refractivity contribution is 7.16. The van der Waals surface area contributed by atoms with Gasteiger partial charge >= 0.3 is 0 Å². The van der Waals surface area contributed by atoms with Gasteiger partial charge in [0.05, 0.1) is 23.4 Å². The molecule has 258 valence electrons. The first-order chi connectivity index (χ1) is 23.1. The van der Waals surface area contributed by atoms with Crippen molar-refractivity contribution in [3.63, 3.8) is 0 Å². The number of piperazine rings is 1. The number of nitrogens with zero attached hydrogens (tertiary/aromatic N) is 5. The molecule has 12 heteroatoms. The lowest BCUT2D eigenvalue weighted by molar-refractivity contribution is -0.132. The molecule has 2 atom stereocenters. The van der Waals surface area contributed by atoms with Gasteiger partial charge < -0.3 is 31.3 Å². The topological polar surface area (TPSA) is 163 Å². The minimum atomic E-state index is -0.473. The van der Waals surface area contributed by atoms with Gasteiger partial charge in [-0.3, -0.25) is 9.59 Å². The van der Waals surface area contributed by atoms with Crippen LogP contribution in [0.5, 0.6) is 5.88 Å². The van der Waals surface area contributed by atoms with Gasteiger partial charge in [-0.15, -0.1) is 24.2 Å². The molecule has 2 aliphatic carbocycles. The smallest absolute Gasteiger partial charge is 0.220 e. The van der Waals surface area contributed by atoms with Gasteiger partial charge in [0.25, 0.3) is 0 Å². The van der Waals surface area contributed by atoms with Crippen molar-refractivity contribution in [3.8, 4) is 24.8 Å². The van der Waals surface area contributed by atoms with E-state index in [-0.39, 0.29) is 28.8 Å². The molecule has 2 aromatic heterocycles. The second-order valence-electron chi connectivity index (χ2n) is 13.1. The SMILES string of the molecule is C#C.CCC/C(C(=O)[C@H]1CCCc2sc(N)c(C#N)c21)=C(/N)c1nc(OC[C@@H](C)CCCNC)cc(N2CCN(C(C)=O)C3(CC3)C2)n1. The van der Waals surface area contributed by atoms with Crippen LogP contribution in [0.4, 0.5) is 10.8 Å². The van der Waals surface area contributed by atoms with Crippen molar-refractivity contribution in [1.29, 1.82) is 5.26 Å². The van der Waals surface area contributed by atoms with Crippen molar-refractivity contribution in [3.05, 3.63) is 33.5 Å². The zero-order chi connectivity index (χ0) is 35.0. The summed E-state index contributed by atoms with van der Waals surface area (Å²) in [4.78, 5) is 41.6. The predicted octanol–water partition coefficient (Wildman–Crippen LogP) is 4.62. The molecular formula is C36H50N8O3S. The molecule has 1 aliphatic heterocycles. The second kappa shape index (κ2) is 16.3. The van der Waals surface area contributed by atoms with Crippen molar-refractivity contribution in [2.45, 2.75) is 90.0 Å². The summed E-state index contributed by atoms with van der Waals surface area (Å²) in [7, 11) is 1.95. The summed E-state index contributed by atoms with van der Waals surface area (Å²) in [6, 6.07) is 4.10. The number of aromatic nitrogens is 2. The Bertz CT molecular complexity index is 1570. The van der Waals surface area contributed by atoms with E-state index >= 15 is 0 Å². The van der Waals surface area contributed by atoms with Crippen LogP contribution in [0.1, 0.15) is 99.9 Å². The largest absolute Gasteiger partial charge is 0.477 e. The zero-order valence-corrected chi connectivity index (χ0v) is 29.6. The molecule has 1 saturated heterocycles. The molecule has 0 unspecified atom stereocenters. The summed E-state index contributed by atoms with van der Waals surface area (Å²) in [5.74, 6) is 1.23. The van der Waals surface area contributed by atoms with E-state index in [9.17, 15) is 14.9 Å². The number of anilines is 2. The first-order valence-electron chi connectivity index (χ1n) is 17.0. The molecule has 5 rings (SSSR count). The van der Waals surface area contributed by atoms with Crippen LogP contribution >= 0.6 is 11.3 Å². The van der Waals surface area contributed by atoms with Crippen LogP contribution in [0.3, 0.4) is 0 Å². The Labute approximate surface area is 289 Å². The number of thiophene rings is 1. The van der Waals surface area contributed by atoms with Gasteiger partial charge in [-0.25, -0.2) is 4.98 Å². The molecule has 48 heavy (non-hydrogen) atoms. The van der Waals surface area contributed by atoms with E-state index in [1.165, 1.54) is 11.3 Å². The number of hydrogen-bond acceptors (Lipinski definition) is 11. The summed E-state index contributed by atoms with van der Waals surface area (Å²) in [6.07, 6.45) is 15.5. The Morgan fingerprint density at radius 1 is 1.29 bits per heavy atom. The number of allylic oxidation sites excluding steroid dienone is 1. The van der Waals surface area contributed by atoms with E-state index in [2.05, 4.69) is 36.1 Å². The van der Waals surface area contributed by atoms with Crippen LogP contribution in [0, 0.1) is 30.1 Å². The number of hydrogen-bond donors (Lipinski definition) is 3. The summed E-state index contributed by atoms with van der Waals surface area (Å²) >= 11 is 1.41. The standard InChI is InChI=1S/C34H48N8O3S.C2H2/c1-5-8-24(31(44)23-10-6-11-26-29(23)25(18-35)32(37)46-26)30(36)33-39-27(17-28(40-33)45-19-21(2)9-7-14-38-4)41-15-16-42(22(3)43)34(20-41)12-13-34;1-2/h17,21,23,38H,5-16,19-20,36-37H2,1-4H3;1-2H/b30-24-;/t21-,23-;/m0./s1. The highest BCUT2D eigenvalue weighted by Crippen LogP contribution is 2.46. The number of ketones is 1. The van der Waals surface area contributed by atoms with Gasteiger partial charge in [0.2, 0.25) is 11.8 Å². The van der Waals surface area contributed by atoms with Crippen molar-refractivity contribution in [2.75, 3.05) is 50.5 Å². The normalized spacial score (nSPS) is 18.9. The number of nitrogen functional groups attached to an aromatic ring is 1. The molecule has 1 spiro atoms. The average molecular weight is 675 g/mol. The third-order valence-electron chi connectivity index (χ3n) is 9.60. The van der Waals surface area contributed by atoms with Gasteiger partial charge in [0.1, 0.15) is 16.9 Å². The van der Waals surface area contributed by atoms with Gasteiger partial charge in [0, 0.05) is 49.0 Å². The van der Waals surface area contributed by atoms with E-state index in [0.29, 0.717) is 79.3 Å². The number of fused-ring (bicyclic) bond motifs is 1. The Kier molecular flexibility index (Phi) is 12.5. The molecule has 2 aromatic rings. The maximum absolute atomic E-state index is 14.3. The lowest BCUT2D eigenvalue weighted by Gasteiger charge is -2.42. The van der Waals surface area contributed by atoms with Gasteiger partial charge in [0.15, 0.2) is 11.6 Å². The number of ether oxygens (including phenoxy) is 1. The first kappa shape index (κ1) is 36.7. The number of amides is 1. The average Bonchev–Trinajstić information content (AvgIpc) is 3.76. The number of Topliss-reactive ketones (excluding diaryl/α,β-unsaturated/α-hetero) is 1. The molecule has 1 saturated carbocycles. The minimum absolute atomic E-state index is 0.0868. The first-order valence-corrected chi connectivity index (χ1v) is 17.8. The molecule has 2 fully saturated rings. The Morgan fingerprint density at radius 3 is 2.69 bits per heavy atom. The number of carbonyl (C=O) groups is 2. The minimum Gasteiger partial charge on any atom is -0.477 e. The Hall–Kier alpha value is -4.13. The zero-order valence-electron chi connectivity index (χ0n) is 28.8. The van der Waals surface area contributed by atoms with Crippen LogP contribution in [-0.4, -0.2) is 71.9 Å². The number of terminal acetylenes is 1. The van der Waals surface area contributed by atoms with Crippen molar-refractivity contribution < 1.29 is 14.3 Å². The molecule has 3 heterocycles. The molecule has 3 aliphatic rings. The lowest BCUT2D eigenvalue weighted by atomic mass is 9.79. The fourth-order valence-corrected chi connectivity index (χ4v) is 8.11. The fraction of sp³-hybridized carbons (Fsp3) is 0.583. The number of rotatable bonds is 13. The molecule has 0 radical (unpaired) electrons. The lowest BCUT2D eigenvalue weighted by Crippen LogP contribution is -2.56. The van der Waals surface area contributed by atoms with E-state index in [1.54, 1.807) is 6.92 Å². The fourth-order valence-electron chi connectivity index (χ4n) is 6.98. The van der Waals surface area contributed by atoms with E-state index < -0.39 is 5.92 Å². The van der Waals surface area contributed by atoms with Crippen LogP contribution in [0.2, 0.25) is 0 Å². The predicted molar refractivity (Wildman–Crippen MR) is 191 cm³/mol.